The van der Waals surface area contributed by atoms with Gasteiger partial charge in [0.15, 0.2) is 0 Å². The normalized spacial score (nSPS) is 12.5. The fraction of sp³-hybridized carbons (Fsp3) is 0.182. The van der Waals surface area contributed by atoms with Crippen LogP contribution in [0, 0.1) is 0 Å². The Hall–Kier alpha value is -2.19. The van der Waals surface area contributed by atoms with Gasteiger partial charge in [0.2, 0.25) is 11.7 Å². The third-order valence-electron chi connectivity index (χ3n) is 2.13. The number of hydrogen-bond acceptors (Lipinski definition) is 3. The van der Waals surface area contributed by atoms with Crippen LogP contribution in [0.4, 0.5) is 26.3 Å². The number of oxazole rings is 1. The van der Waals surface area contributed by atoms with Crippen LogP contribution in [-0.4, -0.2) is 11.3 Å². The molecule has 20 heavy (non-hydrogen) atoms. The highest BCUT2D eigenvalue weighted by atomic mass is 19.4. The Balaban J connectivity index is 2.40. The van der Waals surface area contributed by atoms with Crippen molar-refractivity contribution in [2.24, 2.45) is 0 Å². The first-order valence-corrected chi connectivity index (χ1v) is 5.05. The van der Waals surface area contributed by atoms with Gasteiger partial charge >= 0.3 is 12.5 Å². The summed E-state index contributed by atoms with van der Waals surface area (Å²) in [5, 5.41) is 0. The first-order valence-electron chi connectivity index (χ1n) is 5.05. The molecule has 9 heteroatoms. The summed E-state index contributed by atoms with van der Waals surface area (Å²) < 4.78 is 81.7. The topological polar surface area (TPSA) is 35.3 Å². The molecule has 0 aliphatic rings. The van der Waals surface area contributed by atoms with Crippen molar-refractivity contribution in [3.05, 3.63) is 36.2 Å². The van der Waals surface area contributed by atoms with Gasteiger partial charge in [0.05, 0.1) is 11.8 Å². The van der Waals surface area contributed by atoms with E-state index in [9.17, 15) is 26.3 Å². The van der Waals surface area contributed by atoms with Crippen LogP contribution in [0.15, 0.2) is 34.9 Å². The van der Waals surface area contributed by atoms with Crippen LogP contribution in [0.25, 0.3) is 11.5 Å². The van der Waals surface area contributed by atoms with Crippen LogP contribution >= 0.6 is 0 Å². The van der Waals surface area contributed by atoms with Gasteiger partial charge in [0, 0.05) is 0 Å². The van der Waals surface area contributed by atoms with Gasteiger partial charge < -0.3 is 9.15 Å². The summed E-state index contributed by atoms with van der Waals surface area (Å²) >= 11 is 0. The highest BCUT2D eigenvalue weighted by Crippen LogP contribution is 2.36. The summed E-state index contributed by atoms with van der Waals surface area (Å²) in [6.07, 6.45) is -9.36. The largest absolute Gasteiger partial charge is 0.573 e. The van der Waals surface area contributed by atoms with Crippen molar-refractivity contribution in [2.45, 2.75) is 12.5 Å². The Morgan fingerprint density at radius 2 is 1.65 bits per heavy atom. The molecule has 1 aromatic heterocycles. The summed E-state index contributed by atoms with van der Waals surface area (Å²) in [6.45, 7) is 0. The first-order chi connectivity index (χ1) is 9.17. The minimum atomic E-state index is -4.98. The third kappa shape index (κ3) is 3.22. The zero-order valence-corrected chi connectivity index (χ0v) is 9.42. The number of ether oxygens (including phenoxy) is 1. The van der Waals surface area contributed by atoms with Crippen molar-refractivity contribution in [1.82, 2.24) is 4.98 Å². The molecule has 0 saturated heterocycles. The van der Waals surface area contributed by atoms with Crippen molar-refractivity contribution in [3.63, 3.8) is 0 Å². The van der Waals surface area contributed by atoms with E-state index in [0.717, 1.165) is 12.1 Å². The molecule has 0 aliphatic heterocycles. The van der Waals surface area contributed by atoms with Crippen LogP contribution in [0.1, 0.15) is 5.76 Å². The first kappa shape index (κ1) is 14.2. The lowest BCUT2D eigenvalue weighted by Crippen LogP contribution is -2.17. The molecular weight excluding hydrogens is 292 g/mol. The highest BCUT2D eigenvalue weighted by Gasteiger charge is 2.37. The predicted octanol–water partition coefficient (Wildman–Crippen LogP) is 4.26. The summed E-state index contributed by atoms with van der Waals surface area (Å²) in [5.41, 5.74) is -0.333. The van der Waals surface area contributed by atoms with E-state index in [1.54, 1.807) is 0 Å². The standard InChI is InChI=1S/C11H5F6NO2/c12-10(13,14)8-5-18-9(19-8)6-3-1-2-4-7(6)20-11(15,16)17/h1-5H. The maximum Gasteiger partial charge on any atom is 0.573 e. The van der Waals surface area contributed by atoms with Gasteiger partial charge in [-0.05, 0) is 12.1 Å². The molecule has 1 heterocycles. The Morgan fingerprint density at radius 1 is 1.00 bits per heavy atom. The number of para-hydroxylation sites is 1. The molecule has 2 rings (SSSR count). The fourth-order valence-corrected chi connectivity index (χ4v) is 1.39. The monoisotopic (exact) mass is 297 g/mol. The van der Waals surface area contributed by atoms with Crippen LogP contribution in [0.3, 0.4) is 0 Å². The van der Waals surface area contributed by atoms with E-state index >= 15 is 0 Å². The Bertz CT molecular complexity index is 601. The highest BCUT2D eigenvalue weighted by molar-refractivity contribution is 5.62. The van der Waals surface area contributed by atoms with Crippen LogP contribution in [0.5, 0.6) is 5.75 Å². The summed E-state index contributed by atoms with van der Waals surface area (Å²) in [6, 6.07) is 4.60. The zero-order valence-electron chi connectivity index (χ0n) is 9.42. The van der Waals surface area contributed by atoms with Crippen molar-refractivity contribution in [1.29, 1.82) is 0 Å². The molecular formula is C11H5F6NO2. The Kier molecular flexibility index (Phi) is 3.36. The Labute approximate surface area is 107 Å². The molecule has 108 valence electrons. The SMILES string of the molecule is FC(F)(F)Oc1ccccc1-c1ncc(C(F)(F)F)o1. The van der Waals surface area contributed by atoms with Crippen molar-refractivity contribution in [3.8, 4) is 17.2 Å². The quantitative estimate of drug-likeness (QED) is 0.777. The maximum atomic E-state index is 12.3. The summed E-state index contributed by atoms with van der Waals surface area (Å²) in [7, 11) is 0. The lowest BCUT2D eigenvalue weighted by Gasteiger charge is -2.11. The molecule has 0 atom stereocenters. The summed E-state index contributed by atoms with van der Waals surface area (Å²) in [4.78, 5) is 3.31. The molecule has 0 unspecified atom stereocenters. The molecule has 0 amide bonds. The van der Waals surface area contributed by atoms with E-state index in [1.165, 1.54) is 12.1 Å². The number of aromatic nitrogens is 1. The maximum absolute atomic E-state index is 12.3. The smallest absolute Gasteiger partial charge is 0.431 e. The van der Waals surface area contributed by atoms with Gasteiger partial charge in [0.25, 0.3) is 0 Å². The van der Waals surface area contributed by atoms with E-state index in [1.807, 2.05) is 0 Å². The average Bonchev–Trinajstić information content (AvgIpc) is 2.76. The fourth-order valence-electron chi connectivity index (χ4n) is 1.39. The number of nitrogens with zero attached hydrogens (tertiary/aromatic N) is 1. The van der Waals surface area contributed by atoms with Gasteiger partial charge in [-0.2, -0.15) is 13.2 Å². The van der Waals surface area contributed by atoms with Gasteiger partial charge in [-0.1, -0.05) is 12.1 Å². The zero-order chi connectivity index (χ0) is 15.0. The van der Waals surface area contributed by atoms with Gasteiger partial charge in [0.1, 0.15) is 5.75 Å². The second kappa shape index (κ2) is 4.73. The number of alkyl halides is 6. The molecule has 0 fully saturated rings. The van der Waals surface area contributed by atoms with Crippen molar-refractivity contribution < 1.29 is 35.5 Å². The third-order valence-corrected chi connectivity index (χ3v) is 2.13. The number of halogens is 6. The van der Waals surface area contributed by atoms with Crippen molar-refractivity contribution >= 4 is 0 Å². The molecule has 0 radical (unpaired) electrons. The second-order valence-electron chi connectivity index (χ2n) is 3.57. The van der Waals surface area contributed by atoms with Gasteiger partial charge in [-0.3, -0.25) is 0 Å². The Morgan fingerprint density at radius 3 is 2.20 bits per heavy atom. The minimum absolute atomic E-state index is 0.333. The van der Waals surface area contributed by atoms with E-state index in [2.05, 4.69) is 14.1 Å². The lowest BCUT2D eigenvalue weighted by atomic mass is 10.2. The van der Waals surface area contributed by atoms with E-state index in [4.69, 9.17) is 0 Å². The number of rotatable bonds is 2. The molecule has 0 bridgehead atoms. The predicted molar refractivity (Wildman–Crippen MR) is 53.6 cm³/mol. The van der Waals surface area contributed by atoms with E-state index < -0.39 is 29.9 Å². The lowest BCUT2D eigenvalue weighted by molar-refractivity contribution is -0.274. The van der Waals surface area contributed by atoms with Gasteiger partial charge in [-0.25, -0.2) is 4.98 Å². The van der Waals surface area contributed by atoms with E-state index in [0.29, 0.717) is 6.20 Å². The van der Waals surface area contributed by atoms with Crippen LogP contribution in [-0.2, 0) is 6.18 Å². The second-order valence-corrected chi connectivity index (χ2v) is 3.57. The molecule has 3 nitrogen and oxygen atoms in total. The molecule has 0 aliphatic carbocycles. The molecule has 0 saturated carbocycles. The van der Waals surface area contributed by atoms with E-state index in [-0.39, 0.29) is 5.56 Å². The van der Waals surface area contributed by atoms with Crippen LogP contribution < -0.4 is 4.74 Å². The number of benzene rings is 1. The summed E-state index contributed by atoms with van der Waals surface area (Å²) in [5.74, 6) is -2.72. The molecule has 0 N–H and O–H groups in total. The average molecular weight is 297 g/mol. The van der Waals surface area contributed by atoms with Crippen molar-refractivity contribution in [2.75, 3.05) is 0 Å². The molecule has 1 aromatic carbocycles. The molecule has 0 spiro atoms. The van der Waals surface area contributed by atoms with Crippen LogP contribution in [0.2, 0.25) is 0 Å². The van der Waals surface area contributed by atoms with Gasteiger partial charge in [-0.15, -0.1) is 13.2 Å². The molecule has 2 aromatic rings. The minimum Gasteiger partial charge on any atom is -0.431 e. The number of hydrogen-bond donors (Lipinski definition) is 0.